The first kappa shape index (κ1) is 17.0. The smallest absolute Gasteiger partial charge is 0.305 e. The van der Waals surface area contributed by atoms with Crippen LogP contribution >= 0.6 is 0 Å². The van der Waals surface area contributed by atoms with E-state index in [0.717, 1.165) is 12.1 Å². The topological polar surface area (TPSA) is 128 Å². The van der Waals surface area contributed by atoms with E-state index in [1.54, 1.807) is 12.1 Å². The van der Waals surface area contributed by atoms with Gasteiger partial charge >= 0.3 is 5.69 Å². The van der Waals surface area contributed by atoms with Crippen LogP contribution in [0.25, 0.3) is 0 Å². The Kier molecular flexibility index (Phi) is 5.15. The number of nitro groups is 1. The highest BCUT2D eigenvalue weighted by atomic mass is 19.1. The van der Waals surface area contributed by atoms with Crippen molar-refractivity contribution >= 4 is 17.5 Å². The van der Waals surface area contributed by atoms with Crippen LogP contribution in [-0.4, -0.2) is 27.8 Å². The Hall–Kier alpha value is -3.36. The van der Waals surface area contributed by atoms with Crippen LogP contribution in [0.5, 0.6) is 0 Å². The van der Waals surface area contributed by atoms with E-state index in [1.165, 1.54) is 18.3 Å². The molecule has 124 valence electrons. The molecule has 8 nitrogen and oxygen atoms in total. The molecule has 0 saturated carbocycles. The van der Waals surface area contributed by atoms with Crippen LogP contribution in [0.4, 0.5) is 10.1 Å². The number of benzene rings is 1. The molecular formula is C15H13FN4O4. The van der Waals surface area contributed by atoms with Crippen LogP contribution in [0.3, 0.4) is 0 Å². The van der Waals surface area contributed by atoms with Crippen LogP contribution in [0.15, 0.2) is 42.6 Å². The van der Waals surface area contributed by atoms with Crippen LogP contribution in [0, 0.1) is 15.9 Å². The van der Waals surface area contributed by atoms with Gasteiger partial charge in [0.25, 0.3) is 5.91 Å². The molecule has 0 aliphatic carbocycles. The van der Waals surface area contributed by atoms with E-state index in [0.29, 0.717) is 0 Å². The SMILES string of the molecule is NC(=O)[C@@H](Cc1ccc(F)c([N+](=O)[O-])c1)NC(=O)c1ccccn1. The van der Waals surface area contributed by atoms with Crippen LogP contribution in [0.1, 0.15) is 16.1 Å². The van der Waals surface area contributed by atoms with Gasteiger partial charge in [0.05, 0.1) is 4.92 Å². The Labute approximate surface area is 135 Å². The molecule has 2 amide bonds. The lowest BCUT2D eigenvalue weighted by Gasteiger charge is -2.15. The maximum atomic E-state index is 13.3. The van der Waals surface area contributed by atoms with Gasteiger partial charge in [-0.15, -0.1) is 0 Å². The second-order valence-corrected chi connectivity index (χ2v) is 4.89. The zero-order valence-electron chi connectivity index (χ0n) is 12.3. The lowest BCUT2D eigenvalue weighted by molar-refractivity contribution is -0.387. The Morgan fingerprint density at radius 1 is 1.33 bits per heavy atom. The molecule has 1 aromatic carbocycles. The number of pyridine rings is 1. The molecule has 1 heterocycles. The van der Waals surface area contributed by atoms with Gasteiger partial charge in [-0.05, 0) is 23.8 Å². The number of hydrogen-bond acceptors (Lipinski definition) is 5. The fourth-order valence-corrected chi connectivity index (χ4v) is 2.01. The predicted molar refractivity (Wildman–Crippen MR) is 81.4 cm³/mol. The summed E-state index contributed by atoms with van der Waals surface area (Å²) in [5, 5.41) is 13.2. The second-order valence-electron chi connectivity index (χ2n) is 4.89. The third kappa shape index (κ3) is 4.09. The van der Waals surface area contributed by atoms with Gasteiger partial charge in [0, 0.05) is 18.7 Å². The molecule has 0 saturated heterocycles. The highest BCUT2D eigenvalue weighted by Gasteiger charge is 2.22. The molecule has 0 fully saturated rings. The molecule has 24 heavy (non-hydrogen) atoms. The number of nitrogens with one attached hydrogen (secondary N) is 1. The van der Waals surface area contributed by atoms with E-state index in [9.17, 15) is 24.1 Å². The number of nitrogens with two attached hydrogens (primary N) is 1. The summed E-state index contributed by atoms with van der Waals surface area (Å²) in [7, 11) is 0. The quantitative estimate of drug-likeness (QED) is 0.601. The molecule has 0 aliphatic heterocycles. The van der Waals surface area contributed by atoms with Gasteiger partial charge in [-0.3, -0.25) is 24.7 Å². The van der Waals surface area contributed by atoms with Crippen LogP contribution in [-0.2, 0) is 11.2 Å². The average molecular weight is 332 g/mol. The number of primary amides is 1. The van der Waals surface area contributed by atoms with Gasteiger partial charge in [-0.2, -0.15) is 4.39 Å². The fraction of sp³-hybridized carbons (Fsp3) is 0.133. The summed E-state index contributed by atoms with van der Waals surface area (Å²) < 4.78 is 13.3. The Morgan fingerprint density at radius 2 is 2.08 bits per heavy atom. The minimum absolute atomic E-state index is 0.0915. The maximum Gasteiger partial charge on any atom is 0.305 e. The van der Waals surface area contributed by atoms with E-state index < -0.39 is 34.3 Å². The number of aromatic nitrogens is 1. The summed E-state index contributed by atoms with van der Waals surface area (Å²) in [5.74, 6) is -2.43. The molecule has 0 bridgehead atoms. The fourth-order valence-electron chi connectivity index (χ4n) is 2.01. The molecule has 3 N–H and O–H groups in total. The van der Waals surface area contributed by atoms with Crippen molar-refractivity contribution in [3.8, 4) is 0 Å². The van der Waals surface area contributed by atoms with Crippen molar-refractivity contribution in [1.29, 1.82) is 0 Å². The molecule has 2 aromatic rings. The lowest BCUT2D eigenvalue weighted by Crippen LogP contribution is -2.46. The zero-order valence-corrected chi connectivity index (χ0v) is 12.3. The van der Waals surface area contributed by atoms with E-state index in [4.69, 9.17) is 5.73 Å². The number of hydrogen-bond donors (Lipinski definition) is 2. The van der Waals surface area contributed by atoms with Crippen molar-refractivity contribution < 1.29 is 18.9 Å². The Balaban J connectivity index is 2.17. The Morgan fingerprint density at radius 3 is 2.67 bits per heavy atom. The van der Waals surface area contributed by atoms with E-state index in [1.807, 2.05) is 0 Å². The first-order valence-corrected chi connectivity index (χ1v) is 6.82. The van der Waals surface area contributed by atoms with E-state index >= 15 is 0 Å². The minimum atomic E-state index is -1.12. The number of nitro benzene ring substituents is 1. The third-order valence-corrected chi connectivity index (χ3v) is 3.19. The predicted octanol–water partition coefficient (Wildman–Crippen LogP) is 0.955. The molecule has 2 rings (SSSR count). The summed E-state index contributed by atoms with van der Waals surface area (Å²) in [6.45, 7) is 0. The minimum Gasteiger partial charge on any atom is -0.368 e. The number of carbonyl (C=O) groups is 2. The monoisotopic (exact) mass is 332 g/mol. The first-order valence-electron chi connectivity index (χ1n) is 6.82. The molecule has 1 aromatic heterocycles. The highest BCUT2D eigenvalue weighted by molar-refractivity contribution is 5.95. The zero-order chi connectivity index (χ0) is 17.7. The Bertz CT molecular complexity index is 782. The van der Waals surface area contributed by atoms with Gasteiger partial charge in [0.15, 0.2) is 0 Å². The molecule has 0 spiro atoms. The number of carbonyl (C=O) groups excluding carboxylic acids is 2. The largest absolute Gasteiger partial charge is 0.368 e. The van der Waals surface area contributed by atoms with Crippen molar-refractivity contribution in [3.63, 3.8) is 0 Å². The van der Waals surface area contributed by atoms with Crippen molar-refractivity contribution in [3.05, 3.63) is 69.8 Å². The molecule has 0 unspecified atom stereocenters. The van der Waals surface area contributed by atoms with Gasteiger partial charge in [0.1, 0.15) is 11.7 Å². The van der Waals surface area contributed by atoms with Crippen molar-refractivity contribution in [1.82, 2.24) is 10.3 Å². The normalized spacial score (nSPS) is 11.5. The summed E-state index contributed by atoms with van der Waals surface area (Å²) in [4.78, 5) is 37.3. The molecule has 1 atom stereocenters. The van der Waals surface area contributed by atoms with Gasteiger partial charge < -0.3 is 11.1 Å². The van der Waals surface area contributed by atoms with Crippen LogP contribution < -0.4 is 11.1 Å². The lowest BCUT2D eigenvalue weighted by atomic mass is 10.0. The summed E-state index contributed by atoms with van der Waals surface area (Å²) in [6, 6.07) is 6.76. The second kappa shape index (κ2) is 7.27. The molecule has 9 heteroatoms. The maximum absolute atomic E-state index is 13.3. The number of halogens is 1. The average Bonchev–Trinajstić information content (AvgIpc) is 2.56. The van der Waals surface area contributed by atoms with Gasteiger partial charge in [-0.1, -0.05) is 12.1 Å². The van der Waals surface area contributed by atoms with Crippen LogP contribution in [0.2, 0.25) is 0 Å². The number of rotatable bonds is 6. The molecule has 0 radical (unpaired) electrons. The van der Waals surface area contributed by atoms with Gasteiger partial charge in [0.2, 0.25) is 11.7 Å². The standard InChI is InChI=1S/C15H13FN4O4/c16-10-5-4-9(8-13(10)20(23)24)7-12(14(17)21)19-15(22)11-3-1-2-6-18-11/h1-6,8,12H,7H2,(H2,17,21)(H,19,22)/t12-/m1/s1. The molecule has 0 aliphatic rings. The molecular weight excluding hydrogens is 319 g/mol. The van der Waals surface area contributed by atoms with E-state index in [-0.39, 0.29) is 17.7 Å². The van der Waals surface area contributed by atoms with E-state index in [2.05, 4.69) is 10.3 Å². The highest BCUT2D eigenvalue weighted by Crippen LogP contribution is 2.19. The number of amides is 2. The van der Waals surface area contributed by atoms with Crippen molar-refractivity contribution in [2.24, 2.45) is 5.73 Å². The summed E-state index contributed by atoms with van der Waals surface area (Å²) >= 11 is 0. The van der Waals surface area contributed by atoms with Gasteiger partial charge in [-0.25, -0.2) is 0 Å². The number of nitrogens with zero attached hydrogens (tertiary/aromatic N) is 2. The van der Waals surface area contributed by atoms with Crippen molar-refractivity contribution in [2.45, 2.75) is 12.5 Å². The van der Waals surface area contributed by atoms with Crippen molar-refractivity contribution in [2.75, 3.05) is 0 Å². The summed E-state index contributed by atoms with van der Waals surface area (Å²) in [6.07, 6.45) is 1.30. The third-order valence-electron chi connectivity index (χ3n) is 3.19. The summed E-state index contributed by atoms with van der Waals surface area (Å²) in [5.41, 5.74) is 4.92. The first-order chi connectivity index (χ1) is 11.4.